The average molecular weight is 412 g/mol. The summed E-state index contributed by atoms with van der Waals surface area (Å²) in [5.41, 5.74) is 2.54. The highest BCUT2D eigenvalue weighted by Gasteiger charge is 2.28. The van der Waals surface area contributed by atoms with Crippen molar-refractivity contribution in [3.63, 3.8) is 0 Å². The van der Waals surface area contributed by atoms with Gasteiger partial charge in [-0.15, -0.1) is 0 Å². The van der Waals surface area contributed by atoms with Gasteiger partial charge in [0.05, 0.1) is 11.7 Å². The van der Waals surface area contributed by atoms with Crippen LogP contribution in [-0.4, -0.2) is 10.9 Å². The molecule has 0 bridgehead atoms. The topological polar surface area (TPSA) is 62.0 Å². The first kappa shape index (κ1) is 19.4. The first-order chi connectivity index (χ1) is 13.8. The van der Waals surface area contributed by atoms with Crippen LogP contribution in [0.5, 0.6) is 0 Å². The van der Waals surface area contributed by atoms with Gasteiger partial charge in [0.15, 0.2) is 0 Å². The summed E-state index contributed by atoms with van der Waals surface area (Å²) in [7, 11) is 0. The molecule has 1 amide bonds. The number of hydrogen-bond donors (Lipinski definition) is 2. The Labute approximate surface area is 170 Å². The van der Waals surface area contributed by atoms with Crippen molar-refractivity contribution in [2.75, 3.05) is 0 Å². The summed E-state index contributed by atoms with van der Waals surface area (Å²) in [6, 6.07) is 13.8. The summed E-state index contributed by atoms with van der Waals surface area (Å²) in [6.07, 6.45) is -2.81. The van der Waals surface area contributed by atoms with Crippen LogP contribution < -0.4 is 10.9 Å². The van der Waals surface area contributed by atoms with Gasteiger partial charge in [-0.25, -0.2) is 8.78 Å². The molecule has 148 valence electrons. The predicted molar refractivity (Wildman–Crippen MR) is 108 cm³/mol. The van der Waals surface area contributed by atoms with Gasteiger partial charge in [-0.1, -0.05) is 36.0 Å². The molecule has 0 unspecified atom stereocenters. The molecule has 1 aliphatic rings. The van der Waals surface area contributed by atoms with Crippen molar-refractivity contribution in [3.05, 3.63) is 92.4 Å². The fraction of sp³-hybridized carbons (Fsp3) is 0.182. The quantitative estimate of drug-likeness (QED) is 0.642. The van der Waals surface area contributed by atoms with Crippen LogP contribution in [0.15, 0.2) is 63.1 Å². The monoisotopic (exact) mass is 412 g/mol. The number of pyridine rings is 1. The number of halogens is 2. The second kappa shape index (κ2) is 7.48. The average Bonchev–Trinajstić information content (AvgIpc) is 2.66. The van der Waals surface area contributed by atoms with Crippen LogP contribution in [0.2, 0.25) is 0 Å². The number of H-pyrrole nitrogens is 1. The first-order valence-corrected chi connectivity index (χ1v) is 9.86. The number of aromatic nitrogens is 1. The maximum absolute atomic E-state index is 12.8. The summed E-state index contributed by atoms with van der Waals surface area (Å²) >= 11 is 1.64. The maximum atomic E-state index is 12.8. The lowest BCUT2D eigenvalue weighted by Crippen LogP contribution is -2.34. The van der Waals surface area contributed by atoms with Gasteiger partial charge in [0, 0.05) is 9.79 Å². The number of benzene rings is 2. The number of carbonyl (C=O) groups excluding carboxylic acids is 1. The smallest absolute Gasteiger partial charge is 0.278 e. The lowest BCUT2D eigenvalue weighted by Gasteiger charge is -2.29. The Morgan fingerprint density at radius 1 is 1.00 bits per heavy atom. The molecule has 0 aliphatic carbocycles. The third-order valence-corrected chi connectivity index (χ3v) is 6.01. The molecule has 2 N–H and O–H groups in total. The van der Waals surface area contributed by atoms with Crippen molar-refractivity contribution in [3.8, 4) is 0 Å². The van der Waals surface area contributed by atoms with Gasteiger partial charge in [-0.05, 0) is 60.4 Å². The molecule has 0 radical (unpaired) electrons. The van der Waals surface area contributed by atoms with Crippen molar-refractivity contribution in [2.45, 2.75) is 36.1 Å². The van der Waals surface area contributed by atoms with Crippen LogP contribution in [0.3, 0.4) is 0 Å². The number of aryl methyl sites for hydroxylation is 2. The van der Waals surface area contributed by atoms with E-state index in [1.807, 2.05) is 38.1 Å². The van der Waals surface area contributed by atoms with Crippen LogP contribution in [0, 0.1) is 13.8 Å². The summed E-state index contributed by atoms with van der Waals surface area (Å²) in [5.74, 6) is -0.609. The van der Waals surface area contributed by atoms with Crippen LogP contribution >= 0.6 is 11.8 Å². The highest BCUT2D eigenvalue weighted by molar-refractivity contribution is 7.99. The zero-order valence-corrected chi connectivity index (χ0v) is 16.6. The molecule has 0 atom stereocenters. The SMILES string of the molecule is Cc1ccc2c(c1)Sc1cc(C)ccc1C2NC(=O)c1ccc(C(F)F)[nH]c1=O. The maximum Gasteiger partial charge on any atom is 0.278 e. The Bertz CT molecular complexity index is 1120. The highest BCUT2D eigenvalue weighted by atomic mass is 32.2. The zero-order valence-electron chi connectivity index (χ0n) is 15.8. The molecule has 2 heterocycles. The van der Waals surface area contributed by atoms with Crippen molar-refractivity contribution < 1.29 is 13.6 Å². The second-order valence-corrected chi connectivity index (χ2v) is 8.13. The first-order valence-electron chi connectivity index (χ1n) is 9.04. The number of fused-ring (bicyclic) bond motifs is 2. The van der Waals surface area contributed by atoms with E-state index in [2.05, 4.69) is 22.4 Å². The number of amides is 1. The van der Waals surface area contributed by atoms with Gasteiger partial charge >= 0.3 is 0 Å². The molecule has 0 spiro atoms. The van der Waals surface area contributed by atoms with Crippen molar-refractivity contribution >= 4 is 17.7 Å². The summed E-state index contributed by atoms with van der Waals surface area (Å²) in [5, 5.41) is 2.92. The standard InChI is InChI=1S/C22H18F2N2O2S/c1-11-3-5-13-17(9-11)29-18-10-12(2)4-6-14(18)19(13)26-22(28)15-7-8-16(20(23)24)25-21(15)27/h3-10,19-20H,1-2H3,(H,25,27)(H,26,28). The van der Waals surface area contributed by atoms with Gasteiger partial charge in [-0.2, -0.15) is 0 Å². The van der Waals surface area contributed by atoms with E-state index >= 15 is 0 Å². The van der Waals surface area contributed by atoms with Gasteiger partial charge in [0.25, 0.3) is 17.9 Å². The molecule has 1 aliphatic heterocycles. The minimum absolute atomic E-state index is 0.199. The van der Waals surface area contributed by atoms with E-state index in [1.54, 1.807) is 11.8 Å². The van der Waals surface area contributed by atoms with E-state index in [9.17, 15) is 18.4 Å². The number of nitrogens with one attached hydrogen (secondary N) is 2. The molecule has 4 rings (SSSR count). The normalized spacial score (nSPS) is 13.1. The molecular formula is C22H18F2N2O2S. The molecular weight excluding hydrogens is 394 g/mol. The Balaban J connectivity index is 1.74. The molecule has 29 heavy (non-hydrogen) atoms. The Hall–Kier alpha value is -2.93. The minimum Gasteiger partial charge on any atom is -0.341 e. The molecule has 4 nitrogen and oxygen atoms in total. The van der Waals surface area contributed by atoms with Gasteiger partial charge in [0.1, 0.15) is 5.56 Å². The number of hydrogen-bond acceptors (Lipinski definition) is 3. The van der Waals surface area contributed by atoms with Crippen LogP contribution in [0.1, 0.15) is 50.8 Å². The summed E-state index contributed by atoms with van der Waals surface area (Å²) < 4.78 is 25.6. The minimum atomic E-state index is -2.81. The van der Waals surface area contributed by atoms with Crippen LogP contribution in [0.4, 0.5) is 8.78 Å². The third-order valence-electron chi connectivity index (χ3n) is 4.87. The Kier molecular flexibility index (Phi) is 5.00. The fourth-order valence-corrected chi connectivity index (χ4v) is 4.72. The van der Waals surface area contributed by atoms with E-state index in [0.717, 1.165) is 44.2 Å². The van der Waals surface area contributed by atoms with Gasteiger partial charge < -0.3 is 10.3 Å². The molecule has 0 fully saturated rings. The van der Waals surface area contributed by atoms with Crippen LogP contribution in [-0.2, 0) is 0 Å². The fourth-order valence-electron chi connectivity index (χ4n) is 3.38. The molecule has 7 heteroatoms. The molecule has 1 aromatic heterocycles. The molecule has 0 saturated heterocycles. The molecule has 2 aromatic carbocycles. The third kappa shape index (κ3) is 3.70. The number of aromatic amines is 1. The number of carbonyl (C=O) groups is 1. The Morgan fingerprint density at radius 2 is 1.59 bits per heavy atom. The van der Waals surface area contributed by atoms with Crippen LogP contribution in [0.25, 0.3) is 0 Å². The zero-order chi connectivity index (χ0) is 20.7. The van der Waals surface area contributed by atoms with Crippen molar-refractivity contribution in [1.82, 2.24) is 10.3 Å². The Morgan fingerprint density at radius 3 is 2.10 bits per heavy atom. The van der Waals surface area contributed by atoms with Crippen molar-refractivity contribution in [1.29, 1.82) is 0 Å². The predicted octanol–water partition coefficient (Wildman–Crippen LogP) is 4.91. The molecule has 3 aromatic rings. The van der Waals surface area contributed by atoms with E-state index in [1.165, 1.54) is 0 Å². The largest absolute Gasteiger partial charge is 0.341 e. The number of rotatable bonds is 3. The highest BCUT2D eigenvalue weighted by Crippen LogP contribution is 2.45. The van der Waals surface area contributed by atoms with E-state index in [4.69, 9.17) is 0 Å². The summed E-state index contributed by atoms with van der Waals surface area (Å²) in [6.45, 7) is 4.01. The summed E-state index contributed by atoms with van der Waals surface area (Å²) in [4.78, 5) is 29.1. The van der Waals surface area contributed by atoms with Crippen molar-refractivity contribution in [2.24, 2.45) is 0 Å². The molecule has 0 saturated carbocycles. The number of alkyl halides is 2. The van der Waals surface area contributed by atoms with E-state index in [-0.39, 0.29) is 5.56 Å². The lowest BCUT2D eigenvalue weighted by atomic mass is 9.95. The van der Waals surface area contributed by atoms with Gasteiger partial charge in [-0.3, -0.25) is 9.59 Å². The van der Waals surface area contributed by atoms with Gasteiger partial charge in [0.2, 0.25) is 0 Å². The second-order valence-electron chi connectivity index (χ2n) is 7.05. The van der Waals surface area contributed by atoms with E-state index < -0.39 is 29.6 Å². The lowest BCUT2D eigenvalue weighted by molar-refractivity contribution is 0.0939. The van der Waals surface area contributed by atoms with E-state index in [0.29, 0.717) is 0 Å².